The van der Waals surface area contributed by atoms with Crippen molar-refractivity contribution in [2.75, 3.05) is 0 Å². The lowest BCUT2D eigenvalue weighted by atomic mass is 10.0. The highest BCUT2D eigenvalue weighted by Crippen LogP contribution is 2.25. The maximum atomic E-state index is 13.0. The van der Waals surface area contributed by atoms with Gasteiger partial charge in [-0.15, -0.1) is 12.4 Å². The Labute approximate surface area is 181 Å². The summed E-state index contributed by atoms with van der Waals surface area (Å²) in [4.78, 5) is 13.0. The molecule has 1 N–H and O–H groups in total. The molecule has 30 heavy (non-hydrogen) atoms. The topological polar surface area (TPSA) is 81.1 Å². The molecule has 0 saturated heterocycles. The first-order valence-corrected chi connectivity index (χ1v) is 10.3. The second kappa shape index (κ2) is 9.67. The first-order valence-electron chi connectivity index (χ1n) is 9.13. The molecule has 0 radical (unpaired) electrons. The first kappa shape index (κ1) is 21.7. The number of aromatic nitrogens is 2. The number of rotatable bonds is 6. The van der Waals surface area contributed by atoms with Crippen molar-refractivity contribution in [1.82, 2.24) is 14.5 Å². The van der Waals surface area contributed by atoms with Gasteiger partial charge in [0.1, 0.15) is 0 Å². The maximum Gasteiger partial charge on any atom is 0.274 e. The third-order valence-corrected chi connectivity index (χ3v) is 5.07. The minimum atomic E-state index is -2.67. The highest BCUT2D eigenvalue weighted by Gasteiger charge is 2.13. The molecule has 0 atom stereocenters. The average molecular weight is 442 g/mol. The fourth-order valence-electron chi connectivity index (χ4n) is 3.30. The predicted octanol–water partition coefficient (Wildman–Crippen LogP) is 3.15. The van der Waals surface area contributed by atoms with E-state index in [1.165, 1.54) is 4.68 Å². The van der Waals surface area contributed by atoms with Gasteiger partial charge >= 0.3 is 0 Å². The number of halogens is 1. The van der Waals surface area contributed by atoms with Gasteiger partial charge in [-0.2, -0.15) is 5.10 Å². The first-order chi connectivity index (χ1) is 14.1. The van der Waals surface area contributed by atoms with Gasteiger partial charge in [0.15, 0.2) is 0 Å². The van der Waals surface area contributed by atoms with Crippen molar-refractivity contribution in [3.05, 3.63) is 100 Å². The van der Waals surface area contributed by atoms with Crippen LogP contribution in [0.3, 0.4) is 0 Å². The molecule has 0 saturated carbocycles. The third-order valence-electron chi connectivity index (χ3n) is 4.66. The molecule has 4 aromatic rings. The molecule has 1 heterocycles. The van der Waals surface area contributed by atoms with Crippen molar-refractivity contribution in [1.29, 1.82) is 0 Å². The van der Waals surface area contributed by atoms with Gasteiger partial charge in [0.05, 0.1) is 17.6 Å². The normalized spacial score (nSPS) is 10.8. The SMILES string of the molecule is Cl.O=c1c2ccccc2c(-c2cccc(CN[SH](=O)=O)c2)nn1Cc1ccccc1. The van der Waals surface area contributed by atoms with Crippen LogP contribution >= 0.6 is 12.4 Å². The summed E-state index contributed by atoms with van der Waals surface area (Å²) >= 11 is 0. The molecule has 1 aromatic heterocycles. The molecule has 154 valence electrons. The molecule has 3 aromatic carbocycles. The van der Waals surface area contributed by atoms with Gasteiger partial charge in [-0.05, 0) is 23.3 Å². The van der Waals surface area contributed by atoms with Crippen LogP contribution in [0.1, 0.15) is 11.1 Å². The third kappa shape index (κ3) is 4.76. The summed E-state index contributed by atoms with van der Waals surface area (Å²) < 4.78 is 25.6. The second-order valence-corrected chi connectivity index (χ2v) is 7.47. The number of nitrogens with zero attached hydrogens (tertiary/aromatic N) is 2. The van der Waals surface area contributed by atoms with Crippen LogP contribution in [-0.4, -0.2) is 18.2 Å². The van der Waals surface area contributed by atoms with Crippen molar-refractivity contribution in [3.63, 3.8) is 0 Å². The zero-order chi connectivity index (χ0) is 20.2. The van der Waals surface area contributed by atoms with E-state index < -0.39 is 10.9 Å². The summed E-state index contributed by atoms with van der Waals surface area (Å²) in [7, 11) is -2.67. The Hall–Kier alpha value is -3.00. The minimum Gasteiger partial charge on any atom is -0.267 e. The van der Waals surface area contributed by atoms with Crippen LogP contribution in [0.15, 0.2) is 83.7 Å². The van der Waals surface area contributed by atoms with E-state index in [-0.39, 0.29) is 24.5 Å². The Morgan fingerprint density at radius 2 is 1.50 bits per heavy atom. The molecule has 0 unspecified atom stereocenters. The quantitative estimate of drug-likeness (QED) is 0.450. The molecule has 0 bridgehead atoms. The molecule has 0 aliphatic carbocycles. The zero-order valence-electron chi connectivity index (χ0n) is 15.9. The number of fused-ring (bicyclic) bond motifs is 1. The van der Waals surface area contributed by atoms with Gasteiger partial charge in [-0.3, -0.25) is 4.79 Å². The van der Waals surface area contributed by atoms with Crippen LogP contribution in [0.4, 0.5) is 0 Å². The van der Waals surface area contributed by atoms with Crippen molar-refractivity contribution < 1.29 is 8.42 Å². The fraction of sp³-hybridized carbons (Fsp3) is 0.0909. The van der Waals surface area contributed by atoms with Gasteiger partial charge in [0.25, 0.3) is 5.56 Å². The van der Waals surface area contributed by atoms with E-state index in [9.17, 15) is 13.2 Å². The van der Waals surface area contributed by atoms with Crippen LogP contribution in [0.2, 0.25) is 0 Å². The maximum absolute atomic E-state index is 13.0. The molecule has 0 aliphatic rings. The highest BCUT2D eigenvalue weighted by molar-refractivity contribution is 7.70. The average Bonchev–Trinajstić information content (AvgIpc) is 2.75. The van der Waals surface area contributed by atoms with Crippen LogP contribution in [0.5, 0.6) is 0 Å². The van der Waals surface area contributed by atoms with Crippen LogP contribution in [0.25, 0.3) is 22.0 Å². The fourth-order valence-corrected chi connectivity index (χ4v) is 3.61. The Morgan fingerprint density at radius 3 is 2.23 bits per heavy atom. The van der Waals surface area contributed by atoms with Crippen molar-refractivity contribution >= 4 is 34.1 Å². The van der Waals surface area contributed by atoms with Gasteiger partial charge < -0.3 is 0 Å². The Bertz CT molecular complexity index is 1300. The number of hydrogen-bond acceptors (Lipinski definition) is 4. The highest BCUT2D eigenvalue weighted by atomic mass is 35.5. The Morgan fingerprint density at radius 1 is 0.833 bits per heavy atom. The van der Waals surface area contributed by atoms with E-state index in [1.807, 2.05) is 72.8 Å². The summed E-state index contributed by atoms with van der Waals surface area (Å²) in [6.45, 7) is 0.573. The monoisotopic (exact) mass is 441 g/mol. The lowest BCUT2D eigenvalue weighted by Crippen LogP contribution is -2.24. The van der Waals surface area contributed by atoms with Gasteiger partial charge in [0.2, 0.25) is 10.9 Å². The number of nitrogens with one attached hydrogen (secondary N) is 1. The Kier molecular flexibility index (Phi) is 6.99. The smallest absolute Gasteiger partial charge is 0.267 e. The van der Waals surface area contributed by atoms with Gasteiger partial charge in [-0.1, -0.05) is 66.7 Å². The van der Waals surface area contributed by atoms with Crippen LogP contribution < -0.4 is 10.3 Å². The molecular formula is C22H20ClN3O3S. The van der Waals surface area contributed by atoms with Crippen LogP contribution in [0, 0.1) is 0 Å². The van der Waals surface area contributed by atoms with E-state index in [0.717, 1.165) is 22.1 Å². The minimum absolute atomic E-state index is 0. The molecule has 0 aliphatic heterocycles. The number of hydrogen-bond donors (Lipinski definition) is 2. The Balaban J connectivity index is 0.00000256. The molecule has 0 amide bonds. The van der Waals surface area contributed by atoms with E-state index in [2.05, 4.69) is 9.82 Å². The second-order valence-electron chi connectivity index (χ2n) is 6.63. The van der Waals surface area contributed by atoms with Crippen molar-refractivity contribution in [2.24, 2.45) is 0 Å². The van der Waals surface area contributed by atoms with E-state index >= 15 is 0 Å². The number of thiol groups is 1. The summed E-state index contributed by atoms with van der Waals surface area (Å²) in [5.41, 5.74) is 3.16. The molecule has 6 nitrogen and oxygen atoms in total. The molecule has 4 rings (SSSR count). The molecule has 0 spiro atoms. The van der Waals surface area contributed by atoms with Crippen LogP contribution in [-0.2, 0) is 24.0 Å². The van der Waals surface area contributed by atoms with Crippen molar-refractivity contribution in [2.45, 2.75) is 13.1 Å². The molecule has 8 heteroatoms. The largest absolute Gasteiger partial charge is 0.274 e. The van der Waals surface area contributed by atoms with E-state index in [1.54, 1.807) is 6.07 Å². The van der Waals surface area contributed by atoms with Gasteiger partial charge in [-0.25, -0.2) is 17.8 Å². The summed E-state index contributed by atoms with van der Waals surface area (Å²) in [5.74, 6) is 0. The summed E-state index contributed by atoms with van der Waals surface area (Å²) in [5, 5.41) is 6.03. The molecular weight excluding hydrogens is 422 g/mol. The lowest BCUT2D eigenvalue weighted by Gasteiger charge is -2.12. The van der Waals surface area contributed by atoms with Gasteiger partial charge in [0, 0.05) is 17.5 Å². The lowest BCUT2D eigenvalue weighted by molar-refractivity contribution is 0.601. The predicted molar refractivity (Wildman–Crippen MR) is 121 cm³/mol. The standard InChI is InChI=1S/C22H19N3O3S.ClH/c26-22-20-12-5-4-11-19(20)21(24-25(22)15-16-7-2-1-3-8-16)18-10-6-9-17(13-18)14-23-29(27)28;/h1-13,29H,14-15H2,(H,23,27,28);1H. The van der Waals surface area contributed by atoms with E-state index in [4.69, 9.17) is 0 Å². The zero-order valence-corrected chi connectivity index (χ0v) is 17.6. The summed E-state index contributed by atoms with van der Waals surface area (Å²) in [6.07, 6.45) is 0. The summed E-state index contributed by atoms with van der Waals surface area (Å²) in [6, 6.07) is 24.6. The molecule has 0 fully saturated rings. The van der Waals surface area contributed by atoms with Crippen molar-refractivity contribution in [3.8, 4) is 11.3 Å². The van der Waals surface area contributed by atoms with E-state index in [0.29, 0.717) is 17.6 Å². The number of benzene rings is 3.